The van der Waals surface area contributed by atoms with Gasteiger partial charge in [0.1, 0.15) is 11.5 Å². The smallest absolute Gasteiger partial charge is 0.201 e. The molecule has 10 heteroatoms. The number of carbonyl (C=O) groups excluding carboxylic acids is 1. The molecule has 2 heterocycles. The summed E-state index contributed by atoms with van der Waals surface area (Å²) in [7, 11) is 0.958. The van der Waals surface area contributed by atoms with Crippen LogP contribution in [0.5, 0.6) is 11.5 Å². The standard InChI is InChI=1S/C22H17F2N3O4S/c1-30-17-8-5-12(10-18(17)31-2)32(29)27-16-7-6-15(23)19(20(16)24)21(28)14-11-26-22-13(14)4-3-9-25-22/h3-11,27H,1-2H3,(H,25,26). The van der Waals surface area contributed by atoms with Gasteiger partial charge in [-0.3, -0.25) is 9.52 Å². The van der Waals surface area contributed by atoms with Gasteiger partial charge in [-0.25, -0.2) is 18.0 Å². The van der Waals surface area contributed by atoms with Gasteiger partial charge >= 0.3 is 0 Å². The number of pyridine rings is 1. The van der Waals surface area contributed by atoms with Crippen molar-refractivity contribution < 1.29 is 27.3 Å². The monoisotopic (exact) mass is 457 g/mol. The van der Waals surface area contributed by atoms with E-state index in [4.69, 9.17) is 9.47 Å². The van der Waals surface area contributed by atoms with Crippen LogP contribution >= 0.6 is 0 Å². The van der Waals surface area contributed by atoms with E-state index in [1.165, 1.54) is 38.7 Å². The molecule has 164 valence electrons. The van der Waals surface area contributed by atoms with Crippen LogP contribution < -0.4 is 14.2 Å². The molecule has 7 nitrogen and oxygen atoms in total. The molecular weight excluding hydrogens is 440 g/mol. The first kappa shape index (κ1) is 21.4. The summed E-state index contributed by atoms with van der Waals surface area (Å²) < 4.78 is 55.2. The predicted octanol–water partition coefficient (Wildman–Crippen LogP) is 4.22. The van der Waals surface area contributed by atoms with Gasteiger partial charge in [0.15, 0.2) is 28.3 Å². The third kappa shape index (κ3) is 3.80. The van der Waals surface area contributed by atoms with Crippen molar-refractivity contribution in [3.05, 3.63) is 77.6 Å². The summed E-state index contributed by atoms with van der Waals surface area (Å²) in [5.74, 6) is -2.28. The van der Waals surface area contributed by atoms with Gasteiger partial charge in [-0.05, 0) is 36.4 Å². The number of aromatic nitrogens is 2. The second-order valence-electron chi connectivity index (χ2n) is 6.60. The number of nitrogens with zero attached hydrogens (tertiary/aromatic N) is 1. The summed E-state index contributed by atoms with van der Waals surface area (Å²) in [5.41, 5.74) is -0.561. The number of benzene rings is 2. The van der Waals surface area contributed by atoms with E-state index in [9.17, 15) is 13.4 Å². The SMILES string of the molecule is COc1ccc(S(=O)Nc2ccc(F)c(C(=O)c3c[nH]c4ncccc34)c2F)cc1OC. The van der Waals surface area contributed by atoms with Gasteiger partial charge in [0.25, 0.3) is 0 Å². The number of fused-ring (bicyclic) bond motifs is 1. The lowest BCUT2D eigenvalue weighted by Gasteiger charge is -2.12. The van der Waals surface area contributed by atoms with Crippen molar-refractivity contribution in [3.63, 3.8) is 0 Å². The third-order valence-corrected chi connectivity index (χ3v) is 5.87. The van der Waals surface area contributed by atoms with Crippen LogP contribution in [0.3, 0.4) is 0 Å². The Bertz CT molecular complexity index is 1360. The molecule has 0 fully saturated rings. The second-order valence-corrected chi connectivity index (χ2v) is 7.82. The number of halogens is 2. The van der Waals surface area contributed by atoms with E-state index in [-0.39, 0.29) is 16.1 Å². The van der Waals surface area contributed by atoms with Gasteiger partial charge in [-0.2, -0.15) is 0 Å². The number of ketones is 1. The van der Waals surface area contributed by atoms with Crippen LogP contribution in [0.15, 0.2) is 59.8 Å². The molecule has 1 atom stereocenters. The zero-order valence-corrected chi connectivity index (χ0v) is 17.8. The number of nitrogens with one attached hydrogen (secondary N) is 2. The number of hydrogen-bond acceptors (Lipinski definition) is 5. The number of H-pyrrole nitrogens is 1. The highest BCUT2D eigenvalue weighted by atomic mass is 32.2. The van der Waals surface area contributed by atoms with E-state index < -0.39 is 34.0 Å². The Morgan fingerprint density at radius 1 is 1.09 bits per heavy atom. The first-order valence-electron chi connectivity index (χ1n) is 9.29. The molecule has 32 heavy (non-hydrogen) atoms. The summed E-state index contributed by atoms with van der Waals surface area (Å²) >= 11 is 0. The van der Waals surface area contributed by atoms with Crippen molar-refractivity contribution >= 4 is 33.5 Å². The number of methoxy groups -OCH3 is 2. The van der Waals surface area contributed by atoms with Gasteiger partial charge in [0.05, 0.1) is 30.4 Å². The summed E-state index contributed by atoms with van der Waals surface area (Å²) in [6.45, 7) is 0. The molecule has 4 rings (SSSR count). The molecule has 0 radical (unpaired) electrons. The molecule has 0 aliphatic carbocycles. The molecule has 1 unspecified atom stereocenters. The Hall–Kier alpha value is -3.79. The lowest BCUT2D eigenvalue weighted by molar-refractivity contribution is 0.103. The molecule has 0 amide bonds. The second kappa shape index (κ2) is 8.75. The predicted molar refractivity (Wildman–Crippen MR) is 115 cm³/mol. The molecule has 0 spiro atoms. The van der Waals surface area contributed by atoms with E-state index in [1.54, 1.807) is 18.2 Å². The minimum absolute atomic E-state index is 0.0732. The summed E-state index contributed by atoms with van der Waals surface area (Å²) in [6, 6.07) is 9.79. The molecule has 0 aliphatic rings. The highest BCUT2D eigenvalue weighted by Crippen LogP contribution is 2.31. The van der Waals surface area contributed by atoms with Crippen LogP contribution in [-0.4, -0.2) is 34.2 Å². The molecule has 2 aromatic heterocycles. The number of hydrogen-bond donors (Lipinski definition) is 2. The quantitative estimate of drug-likeness (QED) is 0.405. The van der Waals surface area contributed by atoms with Gasteiger partial charge < -0.3 is 14.5 Å². The average molecular weight is 457 g/mol. The van der Waals surface area contributed by atoms with Crippen molar-refractivity contribution in [1.29, 1.82) is 0 Å². The Morgan fingerprint density at radius 2 is 1.88 bits per heavy atom. The largest absolute Gasteiger partial charge is 0.493 e. The molecule has 2 N–H and O–H groups in total. The normalized spacial score (nSPS) is 11.9. The van der Waals surface area contributed by atoms with Gasteiger partial charge in [-0.1, -0.05) is 0 Å². The van der Waals surface area contributed by atoms with Crippen LogP contribution in [0.4, 0.5) is 14.5 Å². The number of rotatable bonds is 7. The molecule has 2 aromatic carbocycles. The maximum atomic E-state index is 15.2. The molecule has 0 aliphatic heterocycles. The van der Waals surface area contributed by atoms with E-state index in [2.05, 4.69) is 14.7 Å². The highest BCUT2D eigenvalue weighted by molar-refractivity contribution is 7.86. The van der Waals surface area contributed by atoms with E-state index in [0.717, 1.165) is 12.1 Å². The van der Waals surface area contributed by atoms with E-state index >= 15 is 4.39 Å². The Kier molecular flexibility index (Phi) is 5.87. The molecule has 4 aromatic rings. The van der Waals surface area contributed by atoms with E-state index in [0.29, 0.717) is 22.5 Å². The highest BCUT2D eigenvalue weighted by Gasteiger charge is 2.25. The number of ether oxygens (including phenoxy) is 2. The van der Waals surface area contributed by atoms with Crippen LogP contribution in [-0.2, 0) is 11.0 Å². The number of aromatic amines is 1. The van der Waals surface area contributed by atoms with Gasteiger partial charge in [0, 0.05) is 29.4 Å². The zero-order chi connectivity index (χ0) is 22.8. The fourth-order valence-corrected chi connectivity index (χ4v) is 4.09. The van der Waals surface area contributed by atoms with Crippen LogP contribution in [0.25, 0.3) is 11.0 Å². The van der Waals surface area contributed by atoms with Crippen molar-refractivity contribution in [3.8, 4) is 11.5 Å². The van der Waals surface area contributed by atoms with Crippen molar-refractivity contribution in [2.24, 2.45) is 0 Å². The lowest BCUT2D eigenvalue weighted by Crippen LogP contribution is -2.12. The minimum Gasteiger partial charge on any atom is -0.493 e. The molecular formula is C22H17F2N3O4S. The van der Waals surface area contributed by atoms with Crippen molar-refractivity contribution in [1.82, 2.24) is 9.97 Å². The minimum atomic E-state index is -1.93. The van der Waals surface area contributed by atoms with Crippen molar-refractivity contribution in [2.45, 2.75) is 4.90 Å². The van der Waals surface area contributed by atoms with Crippen molar-refractivity contribution in [2.75, 3.05) is 18.9 Å². The molecule has 0 saturated heterocycles. The first-order valence-corrected chi connectivity index (χ1v) is 10.4. The fraction of sp³-hybridized carbons (Fsp3) is 0.0909. The number of carbonyl (C=O) groups is 1. The summed E-state index contributed by atoms with van der Waals surface area (Å²) in [6.07, 6.45) is 2.88. The number of anilines is 1. The van der Waals surface area contributed by atoms with Gasteiger partial charge in [-0.15, -0.1) is 0 Å². The van der Waals surface area contributed by atoms with E-state index in [1.807, 2.05) is 0 Å². The van der Waals surface area contributed by atoms with Crippen LogP contribution in [0, 0.1) is 11.6 Å². The fourth-order valence-electron chi connectivity index (χ4n) is 3.21. The van der Waals surface area contributed by atoms with Gasteiger partial charge in [0.2, 0.25) is 5.78 Å². The Morgan fingerprint density at radius 3 is 2.62 bits per heavy atom. The third-order valence-electron chi connectivity index (χ3n) is 4.79. The molecule has 0 saturated carbocycles. The topological polar surface area (TPSA) is 93.3 Å². The first-order chi connectivity index (χ1) is 15.4. The summed E-state index contributed by atoms with van der Waals surface area (Å²) in [5, 5.41) is 0.434. The maximum absolute atomic E-state index is 15.2. The Balaban J connectivity index is 1.68. The molecule has 0 bridgehead atoms. The lowest BCUT2D eigenvalue weighted by atomic mass is 10.0. The Labute approximate surface area is 184 Å². The average Bonchev–Trinajstić information content (AvgIpc) is 3.24. The maximum Gasteiger partial charge on any atom is 0.201 e. The zero-order valence-electron chi connectivity index (χ0n) is 16.9. The van der Waals surface area contributed by atoms with Crippen LogP contribution in [0.2, 0.25) is 0 Å². The summed E-state index contributed by atoms with van der Waals surface area (Å²) in [4.78, 5) is 20.1. The van der Waals surface area contributed by atoms with Crippen LogP contribution in [0.1, 0.15) is 15.9 Å².